The van der Waals surface area contributed by atoms with Crippen LogP contribution in [0.1, 0.15) is 64.7 Å². The Kier molecular flexibility index (Phi) is 6.50. The van der Waals surface area contributed by atoms with Gasteiger partial charge in [-0.2, -0.15) is 0 Å². The fraction of sp³-hybridized carbons (Fsp3) is 1.00. The van der Waals surface area contributed by atoms with Crippen molar-refractivity contribution in [2.75, 3.05) is 26.2 Å². The zero-order valence-corrected chi connectivity index (χ0v) is 12.3. The first-order valence-electron chi connectivity index (χ1n) is 8.31. The van der Waals surface area contributed by atoms with Crippen LogP contribution < -0.4 is 5.32 Å². The summed E-state index contributed by atoms with van der Waals surface area (Å²) in [7, 11) is 0. The summed E-state index contributed by atoms with van der Waals surface area (Å²) < 4.78 is 0. The van der Waals surface area contributed by atoms with Crippen LogP contribution in [0.4, 0.5) is 0 Å². The third-order valence-corrected chi connectivity index (χ3v) is 4.86. The zero-order valence-electron chi connectivity index (χ0n) is 12.3. The Bertz CT molecular complexity index is 203. The quantitative estimate of drug-likeness (QED) is 0.806. The minimum absolute atomic E-state index is 0.737. The van der Waals surface area contributed by atoms with Crippen molar-refractivity contribution < 1.29 is 0 Å². The van der Waals surface area contributed by atoms with E-state index >= 15 is 0 Å². The fourth-order valence-electron chi connectivity index (χ4n) is 3.55. The van der Waals surface area contributed by atoms with Crippen molar-refractivity contribution in [3.05, 3.63) is 0 Å². The van der Waals surface area contributed by atoms with Crippen molar-refractivity contribution in [3.63, 3.8) is 0 Å². The maximum absolute atomic E-state index is 3.74. The Morgan fingerprint density at radius 2 is 1.56 bits per heavy atom. The van der Waals surface area contributed by atoms with Gasteiger partial charge in [0, 0.05) is 12.6 Å². The predicted octanol–water partition coefficient (Wildman–Crippen LogP) is 3.42. The Hall–Kier alpha value is -0.0800. The van der Waals surface area contributed by atoms with Gasteiger partial charge in [0.25, 0.3) is 0 Å². The van der Waals surface area contributed by atoms with E-state index in [9.17, 15) is 0 Å². The molecule has 1 unspecified atom stereocenters. The molecule has 0 amide bonds. The monoisotopic (exact) mass is 252 g/mol. The molecular weight excluding hydrogens is 220 g/mol. The first kappa shape index (κ1) is 14.3. The molecule has 18 heavy (non-hydrogen) atoms. The molecule has 2 heteroatoms. The van der Waals surface area contributed by atoms with E-state index in [1.165, 1.54) is 84.0 Å². The van der Waals surface area contributed by atoms with Gasteiger partial charge in [-0.15, -0.1) is 0 Å². The van der Waals surface area contributed by atoms with Crippen molar-refractivity contribution in [2.45, 2.75) is 70.8 Å². The van der Waals surface area contributed by atoms with E-state index in [1.54, 1.807) is 0 Å². The zero-order chi connectivity index (χ0) is 12.6. The molecule has 0 bridgehead atoms. The van der Waals surface area contributed by atoms with E-state index in [0.717, 1.165) is 12.0 Å². The van der Waals surface area contributed by atoms with Gasteiger partial charge in [-0.25, -0.2) is 0 Å². The highest BCUT2D eigenvalue weighted by molar-refractivity contribution is 4.75. The smallest absolute Gasteiger partial charge is 0.0192 e. The number of hydrogen-bond donors (Lipinski definition) is 1. The van der Waals surface area contributed by atoms with E-state index in [4.69, 9.17) is 0 Å². The molecular formula is C16H32N2. The van der Waals surface area contributed by atoms with E-state index in [1.807, 2.05) is 0 Å². The lowest BCUT2D eigenvalue weighted by atomic mass is 9.91. The third kappa shape index (κ3) is 4.89. The van der Waals surface area contributed by atoms with Gasteiger partial charge >= 0.3 is 0 Å². The van der Waals surface area contributed by atoms with Crippen LogP contribution in [0.2, 0.25) is 0 Å². The molecule has 2 fully saturated rings. The largest absolute Gasteiger partial charge is 0.315 e. The second-order valence-corrected chi connectivity index (χ2v) is 6.46. The lowest BCUT2D eigenvalue weighted by Gasteiger charge is -2.26. The summed E-state index contributed by atoms with van der Waals surface area (Å²) in [5.41, 5.74) is 0. The molecule has 0 radical (unpaired) electrons. The van der Waals surface area contributed by atoms with Gasteiger partial charge in [0.2, 0.25) is 0 Å². The first-order valence-corrected chi connectivity index (χ1v) is 8.31. The average molecular weight is 252 g/mol. The Labute approximate surface area is 114 Å². The normalized spacial score (nSPS) is 25.8. The minimum atomic E-state index is 0.737. The van der Waals surface area contributed by atoms with E-state index < -0.39 is 0 Å². The summed E-state index contributed by atoms with van der Waals surface area (Å²) in [6, 6.07) is 0.737. The van der Waals surface area contributed by atoms with Crippen LogP contribution in [0, 0.1) is 5.92 Å². The molecule has 0 aromatic heterocycles. The highest BCUT2D eigenvalue weighted by atomic mass is 15.2. The molecule has 1 atom stereocenters. The standard InChI is InChI=1S/C16H32N2/c1-15(18-11-7-8-12-18)13-17-14-16-9-5-3-2-4-6-10-16/h15-17H,2-14H2,1H3. The maximum Gasteiger partial charge on any atom is 0.0192 e. The predicted molar refractivity (Wildman–Crippen MR) is 78.9 cm³/mol. The van der Waals surface area contributed by atoms with Crippen molar-refractivity contribution in [1.29, 1.82) is 0 Å². The van der Waals surface area contributed by atoms with Crippen LogP contribution in [-0.2, 0) is 0 Å². The summed E-state index contributed by atoms with van der Waals surface area (Å²) in [4.78, 5) is 2.64. The molecule has 1 heterocycles. The van der Waals surface area contributed by atoms with E-state index in [2.05, 4.69) is 17.1 Å². The van der Waals surface area contributed by atoms with Gasteiger partial charge in [-0.3, -0.25) is 4.90 Å². The average Bonchev–Trinajstić information content (AvgIpc) is 2.85. The molecule has 1 N–H and O–H groups in total. The number of rotatable bonds is 5. The van der Waals surface area contributed by atoms with Crippen molar-refractivity contribution in [1.82, 2.24) is 10.2 Å². The first-order chi connectivity index (χ1) is 8.86. The molecule has 2 nitrogen and oxygen atoms in total. The van der Waals surface area contributed by atoms with Crippen LogP contribution in [0.15, 0.2) is 0 Å². The molecule has 1 saturated carbocycles. The molecule has 106 valence electrons. The van der Waals surface area contributed by atoms with Gasteiger partial charge in [0.05, 0.1) is 0 Å². The highest BCUT2D eigenvalue weighted by Gasteiger charge is 2.18. The van der Waals surface area contributed by atoms with Crippen molar-refractivity contribution >= 4 is 0 Å². The third-order valence-electron chi connectivity index (χ3n) is 4.86. The Morgan fingerprint density at radius 3 is 2.22 bits per heavy atom. The van der Waals surface area contributed by atoms with Crippen LogP contribution in [0.5, 0.6) is 0 Å². The Balaban J connectivity index is 1.58. The number of likely N-dealkylation sites (tertiary alicyclic amines) is 1. The summed E-state index contributed by atoms with van der Waals surface area (Å²) in [6.07, 6.45) is 13.1. The lowest BCUT2D eigenvalue weighted by Crippen LogP contribution is -2.40. The van der Waals surface area contributed by atoms with Gasteiger partial charge in [-0.05, 0) is 58.2 Å². The number of hydrogen-bond acceptors (Lipinski definition) is 2. The molecule has 1 aliphatic carbocycles. The van der Waals surface area contributed by atoms with Crippen LogP contribution >= 0.6 is 0 Å². The lowest BCUT2D eigenvalue weighted by molar-refractivity contribution is 0.245. The summed E-state index contributed by atoms with van der Waals surface area (Å²) in [6.45, 7) is 7.49. The van der Waals surface area contributed by atoms with Gasteiger partial charge < -0.3 is 5.32 Å². The summed E-state index contributed by atoms with van der Waals surface area (Å²) in [5.74, 6) is 0.955. The Morgan fingerprint density at radius 1 is 0.944 bits per heavy atom. The molecule has 1 saturated heterocycles. The summed E-state index contributed by atoms with van der Waals surface area (Å²) in [5, 5.41) is 3.74. The van der Waals surface area contributed by atoms with E-state index in [0.29, 0.717) is 0 Å². The van der Waals surface area contributed by atoms with E-state index in [-0.39, 0.29) is 0 Å². The highest BCUT2D eigenvalue weighted by Crippen LogP contribution is 2.21. The summed E-state index contributed by atoms with van der Waals surface area (Å²) >= 11 is 0. The topological polar surface area (TPSA) is 15.3 Å². The van der Waals surface area contributed by atoms with Gasteiger partial charge in [0.1, 0.15) is 0 Å². The van der Waals surface area contributed by atoms with Crippen LogP contribution in [0.3, 0.4) is 0 Å². The van der Waals surface area contributed by atoms with Gasteiger partial charge in [-0.1, -0.05) is 32.1 Å². The minimum Gasteiger partial charge on any atom is -0.315 e. The van der Waals surface area contributed by atoms with Crippen LogP contribution in [0.25, 0.3) is 0 Å². The maximum atomic E-state index is 3.74. The van der Waals surface area contributed by atoms with Crippen LogP contribution in [-0.4, -0.2) is 37.1 Å². The van der Waals surface area contributed by atoms with Crippen molar-refractivity contribution in [2.24, 2.45) is 5.92 Å². The molecule has 2 rings (SSSR count). The fourth-order valence-corrected chi connectivity index (χ4v) is 3.55. The molecule has 0 spiro atoms. The molecule has 1 aliphatic heterocycles. The number of nitrogens with one attached hydrogen (secondary N) is 1. The molecule has 0 aromatic carbocycles. The second-order valence-electron chi connectivity index (χ2n) is 6.46. The van der Waals surface area contributed by atoms with Gasteiger partial charge in [0.15, 0.2) is 0 Å². The van der Waals surface area contributed by atoms with Crippen molar-refractivity contribution in [3.8, 4) is 0 Å². The second kappa shape index (κ2) is 8.16. The SMILES string of the molecule is CC(CNCC1CCCCCCC1)N1CCCC1. The molecule has 0 aromatic rings. The number of nitrogens with zero attached hydrogens (tertiary/aromatic N) is 1. The molecule has 2 aliphatic rings.